The number of rotatable bonds is 5. The number of hydrogen-bond acceptors (Lipinski definition) is 5. The van der Waals surface area contributed by atoms with Crippen molar-refractivity contribution in [2.45, 2.75) is 49.8 Å². The quantitative estimate of drug-likeness (QED) is 0.703. The molecule has 9 heteroatoms. The molecular formula is C20H29N3O5S. The number of nitrogens with one attached hydrogen (secondary N) is 2. The summed E-state index contributed by atoms with van der Waals surface area (Å²) < 4.78 is 32.2. The Hall–Kier alpha value is -2.13. The lowest BCUT2D eigenvalue weighted by molar-refractivity contribution is -0.134. The maximum Gasteiger partial charge on any atom is 0.243 e. The molecule has 2 fully saturated rings. The molecule has 1 heterocycles. The van der Waals surface area contributed by atoms with Crippen LogP contribution in [-0.2, 0) is 19.6 Å². The first kappa shape index (κ1) is 21.6. The molecule has 1 saturated heterocycles. The minimum absolute atomic E-state index is 0.0534. The fourth-order valence-electron chi connectivity index (χ4n) is 3.96. The van der Waals surface area contributed by atoms with Gasteiger partial charge in [0.05, 0.1) is 17.9 Å². The van der Waals surface area contributed by atoms with Crippen LogP contribution in [0, 0.1) is 11.8 Å². The van der Waals surface area contributed by atoms with E-state index in [9.17, 15) is 18.0 Å². The Kier molecular flexibility index (Phi) is 7.13. The van der Waals surface area contributed by atoms with Crippen molar-refractivity contribution in [3.05, 3.63) is 24.3 Å². The van der Waals surface area contributed by atoms with Gasteiger partial charge in [0, 0.05) is 19.0 Å². The number of nitrogens with zero attached hydrogens (tertiary/aromatic N) is 1. The molecule has 160 valence electrons. The lowest BCUT2D eigenvalue weighted by Crippen LogP contribution is -2.51. The van der Waals surface area contributed by atoms with Crippen LogP contribution in [0.25, 0.3) is 0 Å². The SMILES string of the molecule is COc1ccc(S(=O)(=O)N2CCC[C@@H](C(=O)NNC(=O)C3CCCCC3)C2)cc1. The zero-order chi connectivity index (χ0) is 20.9. The number of benzene rings is 1. The smallest absolute Gasteiger partial charge is 0.243 e. The summed E-state index contributed by atoms with van der Waals surface area (Å²) in [6.45, 7) is 0.464. The summed E-state index contributed by atoms with van der Waals surface area (Å²) in [6, 6.07) is 6.20. The third kappa shape index (κ3) is 5.27. The molecule has 1 aliphatic carbocycles. The Morgan fingerprint density at radius 2 is 1.52 bits per heavy atom. The summed E-state index contributed by atoms with van der Waals surface area (Å²) in [6.07, 6.45) is 6.08. The van der Waals surface area contributed by atoms with Crippen LogP contribution >= 0.6 is 0 Å². The van der Waals surface area contributed by atoms with Crippen LogP contribution in [0.4, 0.5) is 0 Å². The molecule has 1 atom stereocenters. The number of hydrogen-bond donors (Lipinski definition) is 2. The Morgan fingerprint density at radius 1 is 0.931 bits per heavy atom. The minimum Gasteiger partial charge on any atom is -0.497 e. The van der Waals surface area contributed by atoms with Crippen molar-refractivity contribution in [3.63, 3.8) is 0 Å². The Balaban J connectivity index is 1.57. The number of amides is 2. The van der Waals surface area contributed by atoms with Crippen LogP contribution in [0.2, 0.25) is 0 Å². The van der Waals surface area contributed by atoms with Crippen molar-refractivity contribution in [3.8, 4) is 5.75 Å². The van der Waals surface area contributed by atoms with E-state index in [0.717, 1.165) is 32.1 Å². The van der Waals surface area contributed by atoms with E-state index in [0.29, 0.717) is 25.1 Å². The Labute approximate surface area is 172 Å². The van der Waals surface area contributed by atoms with E-state index in [-0.39, 0.29) is 29.2 Å². The summed E-state index contributed by atoms with van der Waals surface area (Å²) in [5.74, 6) is -0.473. The van der Waals surface area contributed by atoms with E-state index in [2.05, 4.69) is 10.9 Å². The van der Waals surface area contributed by atoms with Gasteiger partial charge < -0.3 is 4.74 Å². The van der Waals surface area contributed by atoms with Gasteiger partial charge in [0.2, 0.25) is 21.8 Å². The van der Waals surface area contributed by atoms with Crippen molar-refractivity contribution in [1.82, 2.24) is 15.2 Å². The molecule has 0 radical (unpaired) electrons. The number of carbonyl (C=O) groups excluding carboxylic acids is 2. The highest BCUT2D eigenvalue weighted by Gasteiger charge is 2.33. The van der Waals surface area contributed by atoms with Gasteiger partial charge in [-0.15, -0.1) is 0 Å². The molecule has 1 saturated carbocycles. The number of hydrazine groups is 1. The highest BCUT2D eigenvalue weighted by atomic mass is 32.2. The monoisotopic (exact) mass is 423 g/mol. The fraction of sp³-hybridized carbons (Fsp3) is 0.600. The fourth-order valence-corrected chi connectivity index (χ4v) is 5.49. The minimum atomic E-state index is -3.69. The van der Waals surface area contributed by atoms with Crippen LogP contribution in [0.5, 0.6) is 5.75 Å². The Bertz CT molecular complexity index is 819. The molecule has 1 aromatic carbocycles. The van der Waals surface area contributed by atoms with Crippen LogP contribution in [0.15, 0.2) is 29.2 Å². The average molecular weight is 424 g/mol. The van der Waals surface area contributed by atoms with Crippen LogP contribution in [-0.4, -0.2) is 44.7 Å². The maximum atomic E-state index is 12.9. The van der Waals surface area contributed by atoms with Crippen LogP contribution in [0.1, 0.15) is 44.9 Å². The molecular weight excluding hydrogens is 394 g/mol. The summed E-state index contributed by atoms with van der Waals surface area (Å²) in [5.41, 5.74) is 5.03. The third-order valence-electron chi connectivity index (χ3n) is 5.74. The number of sulfonamides is 1. The molecule has 0 aromatic heterocycles. The zero-order valence-corrected chi connectivity index (χ0v) is 17.5. The van der Waals surface area contributed by atoms with Crippen molar-refractivity contribution in [2.75, 3.05) is 20.2 Å². The second kappa shape index (κ2) is 9.58. The van der Waals surface area contributed by atoms with Crippen molar-refractivity contribution < 1.29 is 22.7 Å². The number of ether oxygens (including phenoxy) is 1. The lowest BCUT2D eigenvalue weighted by Gasteiger charge is -2.31. The van der Waals surface area contributed by atoms with Crippen LogP contribution < -0.4 is 15.6 Å². The van der Waals surface area contributed by atoms with Gasteiger partial charge in [0.15, 0.2) is 0 Å². The molecule has 0 spiro atoms. The van der Waals surface area contributed by atoms with E-state index in [1.807, 2.05) is 0 Å². The molecule has 1 aromatic rings. The van der Waals surface area contributed by atoms with Crippen LogP contribution in [0.3, 0.4) is 0 Å². The molecule has 2 amide bonds. The predicted octanol–water partition coefficient (Wildman–Crippen LogP) is 1.82. The van der Waals surface area contributed by atoms with Gasteiger partial charge in [0.25, 0.3) is 0 Å². The van der Waals surface area contributed by atoms with E-state index in [1.54, 1.807) is 12.1 Å². The van der Waals surface area contributed by atoms with Crippen molar-refractivity contribution in [2.24, 2.45) is 11.8 Å². The van der Waals surface area contributed by atoms with E-state index < -0.39 is 15.9 Å². The van der Waals surface area contributed by atoms with Gasteiger partial charge in [-0.2, -0.15) is 4.31 Å². The molecule has 1 aliphatic heterocycles. The normalized spacial score (nSPS) is 21.3. The molecule has 8 nitrogen and oxygen atoms in total. The maximum absolute atomic E-state index is 12.9. The van der Waals surface area contributed by atoms with Crippen molar-refractivity contribution >= 4 is 21.8 Å². The largest absolute Gasteiger partial charge is 0.497 e. The molecule has 3 rings (SSSR count). The molecule has 0 unspecified atom stereocenters. The summed E-state index contributed by atoms with van der Waals surface area (Å²) in [5, 5.41) is 0. The molecule has 0 bridgehead atoms. The van der Waals surface area contributed by atoms with E-state index in [4.69, 9.17) is 4.74 Å². The van der Waals surface area contributed by atoms with Gasteiger partial charge >= 0.3 is 0 Å². The third-order valence-corrected chi connectivity index (χ3v) is 7.62. The highest BCUT2D eigenvalue weighted by molar-refractivity contribution is 7.89. The van der Waals surface area contributed by atoms with Gasteiger partial charge in [-0.1, -0.05) is 19.3 Å². The van der Waals surface area contributed by atoms with Gasteiger partial charge in [0.1, 0.15) is 5.75 Å². The van der Waals surface area contributed by atoms with Gasteiger partial charge in [-0.3, -0.25) is 20.4 Å². The first-order valence-corrected chi connectivity index (χ1v) is 11.6. The number of methoxy groups -OCH3 is 1. The summed E-state index contributed by atoms with van der Waals surface area (Å²) in [7, 11) is -2.17. The Morgan fingerprint density at radius 3 is 2.14 bits per heavy atom. The summed E-state index contributed by atoms with van der Waals surface area (Å²) >= 11 is 0. The number of piperidine rings is 1. The highest BCUT2D eigenvalue weighted by Crippen LogP contribution is 2.26. The van der Waals surface area contributed by atoms with E-state index in [1.165, 1.54) is 23.5 Å². The number of carbonyl (C=O) groups is 2. The molecule has 29 heavy (non-hydrogen) atoms. The standard InChI is InChI=1S/C20H29N3O5S/c1-28-17-9-11-18(12-10-17)29(26,27)23-13-5-8-16(14-23)20(25)22-21-19(24)15-6-3-2-4-7-15/h9-12,15-16H,2-8,13-14H2,1H3,(H,21,24)(H,22,25)/t16-/m1/s1. The predicted molar refractivity (Wildman–Crippen MR) is 107 cm³/mol. The van der Waals surface area contributed by atoms with Crippen molar-refractivity contribution in [1.29, 1.82) is 0 Å². The summed E-state index contributed by atoms with van der Waals surface area (Å²) in [4.78, 5) is 24.9. The average Bonchev–Trinajstić information content (AvgIpc) is 2.78. The second-order valence-electron chi connectivity index (χ2n) is 7.69. The first-order valence-electron chi connectivity index (χ1n) is 10.2. The van der Waals surface area contributed by atoms with Gasteiger partial charge in [-0.05, 0) is 49.9 Å². The van der Waals surface area contributed by atoms with Gasteiger partial charge in [-0.25, -0.2) is 8.42 Å². The topological polar surface area (TPSA) is 105 Å². The lowest BCUT2D eigenvalue weighted by atomic mass is 9.89. The van der Waals surface area contributed by atoms with E-state index >= 15 is 0 Å². The zero-order valence-electron chi connectivity index (χ0n) is 16.7. The second-order valence-corrected chi connectivity index (χ2v) is 9.63. The first-order chi connectivity index (χ1) is 13.9. The molecule has 2 N–H and O–H groups in total. The molecule has 2 aliphatic rings.